The van der Waals surface area contributed by atoms with Gasteiger partial charge in [-0.25, -0.2) is 0 Å². The number of fused-ring (bicyclic) bond motifs is 6. The largest absolute Gasteiger partial charge is 0.0622 e. The Hall–Kier alpha value is -10.7. The monoisotopic (exact) mass is 1030 g/mol. The second kappa shape index (κ2) is 16.5. The zero-order valence-corrected chi connectivity index (χ0v) is 44.6. The fraction of sp³-hybridized carbons (Fsp3) is 0. The van der Waals surface area contributed by atoms with Gasteiger partial charge in [0.15, 0.2) is 0 Å². The van der Waals surface area contributed by atoms with E-state index in [9.17, 15) is 0 Å². The van der Waals surface area contributed by atoms with E-state index in [1.807, 2.05) is 0 Å². The van der Waals surface area contributed by atoms with Gasteiger partial charge in [0.05, 0.1) is 0 Å². The lowest BCUT2D eigenvalue weighted by molar-refractivity contribution is 1.53. The van der Waals surface area contributed by atoms with Crippen molar-refractivity contribution in [2.75, 3.05) is 0 Å². The molecule has 0 spiro atoms. The maximum Gasteiger partial charge on any atom is -0.000740 e. The Balaban J connectivity index is 1.07. The molecular formula is C82H46. The van der Waals surface area contributed by atoms with Crippen LogP contribution in [0.5, 0.6) is 0 Å². The summed E-state index contributed by atoms with van der Waals surface area (Å²) < 4.78 is 0. The van der Waals surface area contributed by atoms with Gasteiger partial charge < -0.3 is 0 Å². The van der Waals surface area contributed by atoms with Crippen molar-refractivity contribution in [1.82, 2.24) is 0 Å². The van der Waals surface area contributed by atoms with Crippen LogP contribution >= 0.6 is 0 Å². The van der Waals surface area contributed by atoms with Crippen molar-refractivity contribution in [2.24, 2.45) is 0 Å². The topological polar surface area (TPSA) is 0 Å². The molecule has 17 aromatic carbocycles. The highest BCUT2D eigenvalue weighted by molar-refractivity contribution is 6.31. The first-order valence-electron chi connectivity index (χ1n) is 28.7. The number of hydrogen-bond acceptors (Lipinski definition) is 0. The summed E-state index contributed by atoms with van der Waals surface area (Å²) in [5.41, 5.74) is 24.7. The smallest absolute Gasteiger partial charge is 0.000740 e. The van der Waals surface area contributed by atoms with Crippen LogP contribution in [-0.2, 0) is 0 Å². The molecule has 0 fully saturated rings. The van der Waals surface area contributed by atoms with Gasteiger partial charge in [-0.05, 0) is 210 Å². The third-order valence-corrected chi connectivity index (χ3v) is 18.8. The Morgan fingerprint density at radius 2 is 0.427 bits per heavy atom. The summed E-state index contributed by atoms with van der Waals surface area (Å²) in [4.78, 5) is 0. The zero-order chi connectivity index (χ0) is 53.3. The zero-order valence-electron chi connectivity index (χ0n) is 44.6. The van der Waals surface area contributed by atoms with E-state index >= 15 is 0 Å². The molecule has 0 aromatic heterocycles. The third kappa shape index (κ3) is 5.95. The van der Waals surface area contributed by atoms with Gasteiger partial charge in [0.2, 0.25) is 0 Å². The van der Waals surface area contributed by atoms with E-state index in [1.54, 1.807) is 0 Å². The van der Waals surface area contributed by atoms with Gasteiger partial charge in [-0.15, -0.1) is 0 Å². The van der Waals surface area contributed by atoms with E-state index in [-0.39, 0.29) is 0 Å². The highest BCUT2D eigenvalue weighted by atomic mass is 14.4. The van der Waals surface area contributed by atoms with Crippen LogP contribution in [0.15, 0.2) is 279 Å². The molecule has 0 aliphatic heterocycles. The maximum atomic E-state index is 2.54. The highest BCUT2D eigenvalue weighted by Gasteiger charge is 2.34. The normalized spacial score (nSPS) is 12.4. The van der Waals surface area contributed by atoms with Crippen LogP contribution in [0.3, 0.4) is 0 Å². The van der Waals surface area contributed by atoms with Crippen molar-refractivity contribution in [2.45, 2.75) is 0 Å². The number of hydrogen-bond donors (Lipinski definition) is 0. The third-order valence-electron chi connectivity index (χ3n) is 18.8. The molecular weight excluding hydrogens is 985 g/mol. The Kier molecular flexibility index (Phi) is 8.88. The molecule has 2 aliphatic rings. The van der Waals surface area contributed by atoms with Gasteiger partial charge in [-0.1, -0.05) is 267 Å². The summed E-state index contributed by atoms with van der Waals surface area (Å²) in [5.74, 6) is 0. The second-order valence-electron chi connectivity index (χ2n) is 22.9. The Bertz CT molecular complexity index is 5210. The van der Waals surface area contributed by atoms with Crippen LogP contribution < -0.4 is 0 Å². The van der Waals surface area contributed by atoms with Gasteiger partial charge in [-0.2, -0.15) is 0 Å². The molecule has 0 atom stereocenters. The average Bonchev–Trinajstić information content (AvgIpc) is 1.78. The molecule has 0 saturated carbocycles. The molecule has 17 aromatic rings. The molecule has 0 heteroatoms. The van der Waals surface area contributed by atoms with Crippen molar-refractivity contribution >= 4 is 86.2 Å². The van der Waals surface area contributed by atoms with Gasteiger partial charge in [0.1, 0.15) is 0 Å². The molecule has 19 rings (SSSR count). The minimum Gasteiger partial charge on any atom is -0.0622 e. The van der Waals surface area contributed by atoms with E-state index in [0.717, 1.165) is 0 Å². The molecule has 2 aliphatic carbocycles. The predicted octanol–water partition coefficient (Wildman–Crippen LogP) is 23.1. The van der Waals surface area contributed by atoms with E-state index < -0.39 is 0 Å². The standard InChI is InChI=1S/C82H46/c1-3-13-49(14-4-1)77-79(57-37-39-59-61-25-9-21-47-23-11-27-63(73(47)61)69(59)45-57)80(58-38-40-60-62-26-10-22-48-24-12-28-64(74(48)62)70(60)46-58)78(50-15-5-2-6-16-50)82(68-44-36-56-32-30-52-18-8-20-54-34-42-66(68)76(56)72(52)54)81(77)67-43-35-55-31-29-51-17-7-19-53-33-41-65(67)75(55)71(51)53/h1-46H. The summed E-state index contributed by atoms with van der Waals surface area (Å²) in [7, 11) is 0. The molecule has 82 heavy (non-hydrogen) atoms. The Morgan fingerprint density at radius 1 is 0.134 bits per heavy atom. The highest BCUT2D eigenvalue weighted by Crippen LogP contribution is 2.61. The van der Waals surface area contributed by atoms with E-state index in [2.05, 4.69) is 279 Å². The van der Waals surface area contributed by atoms with E-state index in [0.29, 0.717) is 0 Å². The first kappa shape index (κ1) is 44.2. The Labute approximate surface area is 473 Å². The molecule has 0 saturated heterocycles. The molecule has 0 bridgehead atoms. The van der Waals surface area contributed by atoms with Crippen LogP contribution in [0.25, 0.3) is 197 Å². The molecule has 0 heterocycles. The van der Waals surface area contributed by atoms with Gasteiger partial charge in [0, 0.05) is 0 Å². The molecule has 0 unspecified atom stereocenters. The minimum absolute atomic E-state index is 1.17. The molecule has 0 nitrogen and oxygen atoms in total. The molecule has 0 amide bonds. The summed E-state index contributed by atoms with van der Waals surface area (Å²) in [6, 6.07) is 107. The number of benzene rings is 17. The van der Waals surface area contributed by atoms with Crippen molar-refractivity contribution < 1.29 is 0 Å². The lowest BCUT2D eigenvalue weighted by Crippen LogP contribution is -2.03. The van der Waals surface area contributed by atoms with Crippen molar-refractivity contribution in [3.63, 3.8) is 0 Å². The maximum absolute atomic E-state index is 2.54. The van der Waals surface area contributed by atoms with Crippen molar-refractivity contribution in [1.29, 1.82) is 0 Å². The van der Waals surface area contributed by atoms with Gasteiger partial charge >= 0.3 is 0 Å². The first-order chi connectivity index (χ1) is 40.7. The van der Waals surface area contributed by atoms with Crippen LogP contribution in [-0.4, -0.2) is 0 Å². The van der Waals surface area contributed by atoms with Crippen molar-refractivity contribution in [3.8, 4) is 111 Å². The minimum atomic E-state index is 1.17. The molecule has 0 radical (unpaired) electrons. The predicted molar refractivity (Wildman–Crippen MR) is 350 cm³/mol. The van der Waals surface area contributed by atoms with Gasteiger partial charge in [-0.3, -0.25) is 0 Å². The van der Waals surface area contributed by atoms with E-state index in [4.69, 9.17) is 0 Å². The SMILES string of the molecule is c1ccc(-c2c(-c3ccc4c(c3)-c3cccc5cccc-4c35)c(-c3ccc4c(c3)-c3cccc5cccc-4c35)c(-c3ccccc3)c(-c3ccc4ccc5cccc6ccc3c4c56)c2-c2ccc3ccc4cccc5ccc2c3c45)cc1. The molecule has 0 N–H and O–H groups in total. The fourth-order valence-electron chi connectivity index (χ4n) is 15.5. The summed E-state index contributed by atoms with van der Waals surface area (Å²) in [5, 5.41) is 20.4. The Morgan fingerprint density at radius 3 is 0.817 bits per heavy atom. The number of rotatable bonds is 6. The fourth-order valence-corrected chi connectivity index (χ4v) is 15.5. The van der Waals surface area contributed by atoms with Crippen LogP contribution in [0, 0.1) is 0 Å². The van der Waals surface area contributed by atoms with Crippen molar-refractivity contribution in [3.05, 3.63) is 279 Å². The summed E-state index contributed by atoms with van der Waals surface area (Å²) in [6.07, 6.45) is 0. The lowest BCUT2D eigenvalue weighted by Gasteiger charge is -2.30. The molecule has 374 valence electrons. The van der Waals surface area contributed by atoms with Crippen LogP contribution in [0.1, 0.15) is 0 Å². The summed E-state index contributed by atoms with van der Waals surface area (Å²) >= 11 is 0. The van der Waals surface area contributed by atoms with Crippen LogP contribution in [0.2, 0.25) is 0 Å². The van der Waals surface area contributed by atoms with Gasteiger partial charge in [0.25, 0.3) is 0 Å². The van der Waals surface area contributed by atoms with Crippen LogP contribution in [0.4, 0.5) is 0 Å². The van der Waals surface area contributed by atoms with E-state index in [1.165, 1.54) is 197 Å². The lowest BCUT2D eigenvalue weighted by atomic mass is 9.72. The second-order valence-corrected chi connectivity index (χ2v) is 22.9. The first-order valence-corrected chi connectivity index (χ1v) is 28.7. The quantitative estimate of drug-likeness (QED) is 0.146. The summed E-state index contributed by atoms with van der Waals surface area (Å²) in [6.45, 7) is 0. The average molecular weight is 1030 g/mol.